The van der Waals surface area contributed by atoms with E-state index in [2.05, 4.69) is 0 Å². The lowest BCUT2D eigenvalue weighted by Crippen LogP contribution is -2.35. The van der Waals surface area contributed by atoms with E-state index in [1.54, 1.807) is 12.1 Å². The van der Waals surface area contributed by atoms with Gasteiger partial charge in [-0.1, -0.05) is 18.2 Å². The van der Waals surface area contributed by atoms with E-state index in [1.165, 1.54) is 35.1 Å². The number of rotatable bonds is 5. The van der Waals surface area contributed by atoms with Gasteiger partial charge in [0.05, 0.1) is 5.56 Å². The summed E-state index contributed by atoms with van der Waals surface area (Å²) in [5, 5.41) is 0. The van der Waals surface area contributed by atoms with Crippen LogP contribution in [0.25, 0.3) is 0 Å². The van der Waals surface area contributed by atoms with Gasteiger partial charge in [-0.25, -0.2) is 0 Å². The highest BCUT2D eigenvalue weighted by Crippen LogP contribution is 2.32. The van der Waals surface area contributed by atoms with Crippen LogP contribution in [0.3, 0.4) is 0 Å². The van der Waals surface area contributed by atoms with E-state index in [9.17, 15) is 22.8 Å². The van der Waals surface area contributed by atoms with Gasteiger partial charge in [0.15, 0.2) is 5.76 Å². The first kappa shape index (κ1) is 20.9. The van der Waals surface area contributed by atoms with Crippen LogP contribution in [0, 0.1) is 0 Å². The van der Waals surface area contributed by atoms with Crippen molar-refractivity contribution >= 4 is 11.8 Å². The molecule has 2 amide bonds. The van der Waals surface area contributed by atoms with Gasteiger partial charge in [-0.05, 0) is 23.8 Å². The van der Waals surface area contributed by atoms with Gasteiger partial charge >= 0.3 is 6.18 Å². The number of carbonyl (C=O) groups is 2. The molecular formula is C20H21F3N2O4. The largest absolute Gasteiger partial charge is 0.453 e. The number of methoxy groups -OCH3 is 1. The molecule has 1 aromatic carbocycles. The quantitative estimate of drug-likeness (QED) is 0.759. The summed E-state index contributed by atoms with van der Waals surface area (Å²) in [5.74, 6) is -0.0120. The third-order valence-electron chi connectivity index (χ3n) is 4.72. The maximum atomic E-state index is 13.2. The van der Waals surface area contributed by atoms with Crippen molar-refractivity contribution in [3.63, 3.8) is 0 Å². The zero-order valence-electron chi connectivity index (χ0n) is 15.9. The number of alkyl halides is 3. The lowest BCUT2D eigenvalue weighted by atomic mass is 10.1. The SMILES string of the molecule is COCc1ccc(C(=O)N2CCC(=O)N(Cc3ccccc3C(F)(F)F)CC2)o1. The molecule has 156 valence electrons. The molecule has 1 aliphatic rings. The molecule has 0 spiro atoms. The summed E-state index contributed by atoms with van der Waals surface area (Å²) in [6.07, 6.45) is -4.46. The van der Waals surface area contributed by atoms with Gasteiger partial charge in [0, 0.05) is 39.7 Å². The van der Waals surface area contributed by atoms with Crippen LogP contribution in [-0.2, 0) is 28.9 Å². The van der Waals surface area contributed by atoms with E-state index in [4.69, 9.17) is 9.15 Å². The first-order chi connectivity index (χ1) is 13.8. The molecule has 1 fully saturated rings. The molecule has 0 N–H and O–H groups in total. The van der Waals surface area contributed by atoms with Crippen molar-refractivity contribution in [1.29, 1.82) is 0 Å². The third kappa shape index (κ3) is 4.97. The Hall–Kier alpha value is -2.81. The molecule has 0 saturated carbocycles. The average molecular weight is 410 g/mol. The molecule has 1 aromatic heterocycles. The number of amides is 2. The minimum atomic E-state index is -4.49. The van der Waals surface area contributed by atoms with Crippen LogP contribution >= 0.6 is 0 Å². The number of carbonyl (C=O) groups excluding carboxylic acids is 2. The highest BCUT2D eigenvalue weighted by molar-refractivity contribution is 5.92. The Bertz CT molecular complexity index is 879. The fraction of sp³-hybridized carbons (Fsp3) is 0.400. The summed E-state index contributed by atoms with van der Waals surface area (Å²) < 4.78 is 50.0. The van der Waals surface area contributed by atoms with Crippen molar-refractivity contribution in [1.82, 2.24) is 9.80 Å². The van der Waals surface area contributed by atoms with Crippen LogP contribution in [0.5, 0.6) is 0 Å². The second kappa shape index (κ2) is 8.69. The number of hydrogen-bond donors (Lipinski definition) is 0. The maximum absolute atomic E-state index is 13.2. The minimum Gasteiger partial charge on any atom is -0.453 e. The van der Waals surface area contributed by atoms with Crippen LogP contribution < -0.4 is 0 Å². The van der Waals surface area contributed by atoms with Crippen molar-refractivity contribution in [3.05, 3.63) is 59.0 Å². The number of halogens is 3. The van der Waals surface area contributed by atoms with Crippen molar-refractivity contribution in [2.24, 2.45) is 0 Å². The molecule has 9 heteroatoms. The molecule has 0 radical (unpaired) electrons. The highest BCUT2D eigenvalue weighted by Gasteiger charge is 2.34. The van der Waals surface area contributed by atoms with Crippen molar-refractivity contribution < 1.29 is 31.9 Å². The summed E-state index contributed by atoms with van der Waals surface area (Å²) >= 11 is 0. The molecule has 0 atom stereocenters. The molecule has 6 nitrogen and oxygen atoms in total. The standard InChI is InChI=1S/C20H21F3N2O4/c1-28-13-15-6-7-17(29-15)19(27)24-9-8-18(26)25(11-10-24)12-14-4-2-3-5-16(14)20(21,22)23/h2-7H,8-13H2,1H3. The predicted molar refractivity (Wildman–Crippen MR) is 96.8 cm³/mol. The number of hydrogen-bond acceptors (Lipinski definition) is 4. The molecular weight excluding hydrogens is 389 g/mol. The van der Waals surface area contributed by atoms with Crippen molar-refractivity contribution in [2.75, 3.05) is 26.7 Å². The van der Waals surface area contributed by atoms with Crippen LogP contribution in [0.1, 0.15) is 33.9 Å². The van der Waals surface area contributed by atoms with Gasteiger partial charge in [-0.2, -0.15) is 13.2 Å². The fourth-order valence-electron chi connectivity index (χ4n) is 3.25. The average Bonchev–Trinajstić information content (AvgIpc) is 3.07. The van der Waals surface area contributed by atoms with Gasteiger partial charge in [0.25, 0.3) is 5.91 Å². The molecule has 1 saturated heterocycles. The number of nitrogens with zero attached hydrogens (tertiary/aromatic N) is 2. The Labute approximate surface area is 165 Å². The van der Waals surface area contributed by atoms with E-state index in [-0.39, 0.29) is 62.3 Å². The minimum absolute atomic E-state index is 0.0309. The number of furan rings is 1. The fourth-order valence-corrected chi connectivity index (χ4v) is 3.25. The van der Waals surface area contributed by atoms with Crippen molar-refractivity contribution in [3.8, 4) is 0 Å². The zero-order chi connectivity index (χ0) is 21.0. The lowest BCUT2D eigenvalue weighted by Gasteiger charge is -2.23. The molecule has 2 heterocycles. The highest BCUT2D eigenvalue weighted by atomic mass is 19.4. The third-order valence-corrected chi connectivity index (χ3v) is 4.72. The summed E-state index contributed by atoms with van der Waals surface area (Å²) in [6.45, 7) is 0.601. The van der Waals surface area contributed by atoms with Crippen LogP contribution in [0.4, 0.5) is 13.2 Å². The van der Waals surface area contributed by atoms with E-state index in [1.807, 2.05) is 0 Å². The topological polar surface area (TPSA) is 63.0 Å². The van der Waals surface area contributed by atoms with Gasteiger partial charge < -0.3 is 19.0 Å². The van der Waals surface area contributed by atoms with Gasteiger partial charge in [-0.15, -0.1) is 0 Å². The first-order valence-corrected chi connectivity index (χ1v) is 9.09. The molecule has 0 bridgehead atoms. The van der Waals surface area contributed by atoms with Crippen LogP contribution in [0.15, 0.2) is 40.8 Å². The van der Waals surface area contributed by atoms with E-state index in [0.29, 0.717) is 5.76 Å². The van der Waals surface area contributed by atoms with Crippen LogP contribution in [0.2, 0.25) is 0 Å². The smallest absolute Gasteiger partial charge is 0.416 e. The molecule has 0 unspecified atom stereocenters. The molecule has 2 aromatic rings. The maximum Gasteiger partial charge on any atom is 0.416 e. The zero-order valence-corrected chi connectivity index (χ0v) is 15.9. The van der Waals surface area contributed by atoms with Gasteiger partial charge in [-0.3, -0.25) is 9.59 Å². The first-order valence-electron chi connectivity index (χ1n) is 9.09. The lowest BCUT2D eigenvalue weighted by molar-refractivity contribution is -0.139. The van der Waals surface area contributed by atoms with Crippen molar-refractivity contribution in [2.45, 2.75) is 25.7 Å². The second-order valence-corrected chi connectivity index (χ2v) is 6.71. The van der Waals surface area contributed by atoms with Gasteiger partial charge in [0.1, 0.15) is 12.4 Å². The number of ether oxygens (including phenoxy) is 1. The Morgan fingerprint density at radius 1 is 1.14 bits per heavy atom. The second-order valence-electron chi connectivity index (χ2n) is 6.71. The molecule has 3 rings (SSSR count). The molecule has 1 aliphatic heterocycles. The normalized spacial score (nSPS) is 15.5. The Kier molecular flexibility index (Phi) is 6.26. The summed E-state index contributed by atoms with van der Waals surface area (Å²) in [4.78, 5) is 27.9. The summed E-state index contributed by atoms with van der Waals surface area (Å²) in [5.41, 5.74) is -0.727. The van der Waals surface area contributed by atoms with E-state index >= 15 is 0 Å². The summed E-state index contributed by atoms with van der Waals surface area (Å²) in [6, 6.07) is 8.38. The monoisotopic (exact) mass is 410 g/mol. The number of benzene rings is 1. The Morgan fingerprint density at radius 3 is 2.62 bits per heavy atom. The molecule has 0 aliphatic carbocycles. The summed E-state index contributed by atoms with van der Waals surface area (Å²) in [7, 11) is 1.51. The van der Waals surface area contributed by atoms with Gasteiger partial charge in [0.2, 0.25) is 5.91 Å². The predicted octanol–water partition coefficient (Wildman–Crippen LogP) is 3.32. The van der Waals surface area contributed by atoms with E-state index in [0.717, 1.165) is 6.07 Å². The Morgan fingerprint density at radius 2 is 1.90 bits per heavy atom. The molecule has 29 heavy (non-hydrogen) atoms. The Balaban J connectivity index is 1.69. The van der Waals surface area contributed by atoms with E-state index < -0.39 is 11.7 Å². The van der Waals surface area contributed by atoms with Crippen LogP contribution in [-0.4, -0.2) is 48.4 Å².